The maximum absolute atomic E-state index is 13.1. The van der Waals surface area contributed by atoms with Crippen LogP contribution >= 0.6 is 0 Å². The molecule has 4 rings (SSSR count). The Morgan fingerprint density at radius 3 is 2.12 bits per heavy atom. The van der Waals surface area contributed by atoms with Gasteiger partial charge in [0.2, 0.25) is 0 Å². The second-order valence-electron chi connectivity index (χ2n) is 7.26. The number of hydrogen-bond acceptors (Lipinski definition) is 5. The normalized spacial score (nSPS) is 14.2. The van der Waals surface area contributed by atoms with Crippen LogP contribution in [0.1, 0.15) is 0 Å². The highest BCUT2D eigenvalue weighted by molar-refractivity contribution is 5.89. The van der Waals surface area contributed by atoms with Crippen molar-refractivity contribution < 1.29 is 27.1 Å². The fourth-order valence-electron chi connectivity index (χ4n) is 3.35. The first-order valence-corrected chi connectivity index (χ1v) is 10.0. The molecule has 7 nitrogen and oxygen atoms in total. The molecule has 2 aromatic carbocycles. The number of carbonyl (C=O) groups is 1. The zero-order chi connectivity index (χ0) is 23.4. The number of benzene rings is 2. The number of aromatic nitrogens is 2. The average Bonchev–Trinajstić information content (AvgIpc) is 2.80. The summed E-state index contributed by atoms with van der Waals surface area (Å²) in [4.78, 5) is 16.1. The van der Waals surface area contributed by atoms with Crippen molar-refractivity contribution in [2.24, 2.45) is 0 Å². The zero-order valence-electron chi connectivity index (χ0n) is 17.2. The van der Waals surface area contributed by atoms with Crippen LogP contribution in [0, 0.1) is 5.82 Å². The van der Waals surface area contributed by atoms with Gasteiger partial charge in [0, 0.05) is 37.4 Å². The number of piperazine rings is 1. The lowest BCUT2D eigenvalue weighted by Gasteiger charge is -2.35. The maximum atomic E-state index is 13.1. The Morgan fingerprint density at radius 2 is 1.55 bits per heavy atom. The fourth-order valence-corrected chi connectivity index (χ4v) is 3.35. The molecule has 0 radical (unpaired) electrons. The van der Waals surface area contributed by atoms with Gasteiger partial charge in [0.15, 0.2) is 5.82 Å². The summed E-state index contributed by atoms with van der Waals surface area (Å²) >= 11 is 0. The van der Waals surface area contributed by atoms with Crippen LogP contribution in [0.2, 0.25) is 0 Å². The third-order valence-electron chi connectivity index (χ3n) is 5.02. The van der Waals surface area contributed by atoms with E-state index in [4.69, 9.17) is 0 Å². The van der Waals surface area contributed by atoms with E-state index in [0.29, 0.717) is 43.4 Å². The van der Waals surface area contributed by atoms with Crippen molar-refractivity contribution in [1.82, 2.24) is 15.1 Å². The van der Waals surface area contributed by atoms with Crippen LogP contribution in [-0.4, -0.2) is 53.7 Å². The van der Waals surface area contributed by atoms with Crippen LogP contribution in [0.15, 0.2) is 60.7 Å². The molecule has 0 bridgehead atoms. The van der Waals surface area contributed by atoms with Gasteiger partial charge < -0.3 is 19.9 Å². The molecule has 0 atom stereocenters. The summed E-state index contributed by atoms with van der Waals surface area (Å²) in [5.74, 6) is -0.0143. The molecule has 0 unspecified atom stereocenters. The SMILES string of the molecule is O=C(Nc1ccc(OC(F)(F)F)cc1)N1CCN(c2ccc(-c3ccc(F)cc3)nn2)CC1. The molecule has 33 heavy (non-hydrogen) atoms. The minimum atomic E-state index is -4.77. The van der Waals surface area contributed by atoms with Crippen molar-refractivity contribution in [1.29, 1.82) is 0 Å². The maximum Gasteiger partial charge on any atom is 0.573 e. The Morgan fingerprint density at radius 1 is 0.879 bits per heavy atom. The number of ether oxygens (including phenoxy) is 1. The van der Waals surface area contributed by atoms with Gasteiger partial charge in [-0.15, -0.1) is 23.4 Å². The lowest BCUT2D eigenvalue weighted by molar-refractivity contribution is -0.274. The van der Waals surface area contributed by atoms with Crippen LogP contribution in [0.5, 0.6) is 5.75 Å². The van der Waals surface area contributed by atoms with Crippen LogP contribution in [0.25, 0.3) is 11.3 Å². The number of urea groups is 1. The number of halogens is 4. The predicted molar refractivity (Wildman–Crippen MR) is 113 cm³/mol. The highest BCUT2D eigenvalue weighted by atomic mass is 19.4. The molecular weight excluding hydrogens is 442 g/mol. The van der Waals surface area contributed by atoms with Gasteiger partial charge in [0.1, 0.15) is 11.6 Å². The minimum absolute atomic E-state index is 0.322. The van der Waals surface area contributed by atoms with Gasteiger partial charge in [-0.2, -0.15) is 0 Å². The van der Waals surface area contributed by atoms with Gasteiger partial charge in [-0.05, 0) is 60.7 Å². The average molecular weight is 461 g/mol. The number of carbonyl (C=O) groups excluding carboxylic acids is 1. The number of amides is 2. The Balaban J connectivity index is 1.29. The van der Waals surface area contributed by atoms with Gasteiger partial charge >= 0.3 is 12.4 Å². The molecule has 172 valence electrons. The van der Waals surface area contributed by atoms with E-state index in [-0.39, 0.29) is 17.6 Å². The summed E-state index contributed by atoms with van der Waals surface area (Å²) in [5.41, 5.74) is 1.75. The molecule has 0 aliphatic carbocycles. The van der Waals surface area contributed by atoms with E-state index in [9.17, 15) is 22.4 Å². The van der Waals surface area contributed by atoms with Crippen molar-refractivity contribution in [2.45, 2.75) is 6.36 Å². The van der Waals surface area contributed by atoms with Gasteiger partial charge in [-0.3, -0.25) is 0 Å². The van der Waals surface area contributed by atoms with Crippen molar-refractivity contribution in [3.63, 3.8) is 0 Å². The molecule has 1 aromatic heterocycles. The van der Waals surface area contributed by atoms with Gasteiger partial charge in [0.25, 0.3) is 0 Å². The van der Waals surface area contributed by atoms with Crippen LogP contribution in [-0.2, 0) is 0 Å². The van der Waals surface area contributed by atoms with Crippen molar-refractivity contribution in [3.8, 4) is 17.0 Å². The van der Waals surface area contributed by atoms with Crippen LogP contribution < -0.4 is 15.0 Å². The van der Waals surface area contributed by atoms with Crippen molar-refractivity contribution in [2.75, 3.05) is 36.4 Å². The first-order chi connectivity index (χ1) is 15.8. The van der Waals surface area contributed by atoms with Gasteiger partial charge in [0.05, 0.1) is 5.69 Å². The smallest absolute Gasteiger partial charge is 0.406 e. The molecule has 0 saturated carbocycles. The van der Waals surface area contributed by atoms with E-state index in [0.717, 1.165) is 17.7 Å². The number of alkyl halides is 3. The number of anilines is 2. The Hall–Kier alpha value is -3.89. The highest BCUT2D eigenvalue weighted by Crippen LogP contribution is 2.24. The molecule has 0 spiro atoms. The molecule has 1 N–H and O–H groups in total. The summed E-state index contributed by atoms with van der Waals surface area (Å²) in [6, 6.07) is 14.2. The molecule has 1 fully saturated rings. The van der Waals surface area contributed by atoms with Crippen molar-refractivity contribution >= 4 is 17.5 Å². The number of hydrogen-bond donors (Lipinski definition) is 1. The third-order valence-corrected chi connectivity index (χ3v) is 5.02. The molecule has 1 aliphatic rings. The summed E-state index contributed by atoms with van der Waals surface area (Å²) in [6.07, 6.45) is -4.77. The summed E-state index contributed by atoms with van der Waals surface area (Å²) in [5, 5.41) is 11.1. The second-order valence-corrected chi connectivity index (χ2v) is 7.26. The van der Waals surface area contributed by atoms with E-state index in [1.807, 2.05) is 11.0 Å². The van der Waals surface area contributed by atoms with Crippen LogP contribution in [0.4, 0.5) is 33.9 Å². The lowest BCUT2D eigenvalue weighted by Crippen LogP contribution is -2.50. The molecule has 3 aromatic rings. The highest BCUT2D eigenvalue weighted by Gasteiger charge is 2.31. The third kappa shape index (κ3) is 5.88. The summed E-state index contributed by atoms with van der Waals surface area (Å²) in [6.45, 7) is 1.94. The lowest BCUT2D eigenvalue weighted by atomic mass is 10.1. The van der Waals surface area contributed by atoms with E-state index in [2.05, 4.69) is 20.3 Å². The molecule has 2 heterocycles. The quantitative estimate of drug-likeness (QED) is 0.578. The molecule has 11 heteroatoms. The van der Waals surface area contributed by atoms with E-state index in [1.165, 1.54) is 24.3 Å². The van der Waals surface area contributed by atoms with Gasteiger partial charge in [-0.25, -0.2) is 9.18 Å². The zero-order valence-corrected chi connectivity index (χ0v) is 17.2. The molecule has 1 aliphatic heterocycles. The first kappa shape index (κ1) is 22.3. The topological polar surface area (TPSA) is 70.6 Å². The summed E-state index contributed by atoms with van der Waals surface area (Å²) < 4.78 is 53.6. The Kier molecular flexibility index (Phi) is 6.29. The van der Waals surface area contributed by atoms with E-state index < -0.39 is 6.36 Å². The second kappa shape index (κ2) is 9.31. The number of nitrogens with one attached hydrogen (secondary N) is 1. The molecular formula is C22H19F4N5O2. The Labute approximate surface area is 186 Å². The summed E-state index contributed by atoms with van der Waals surface area (Å²) in [7, 11) is 0. The minimum Gasteiger partial charge on any atom is -0.406 e. The predicted octanol–water partition coefficient (Wildman–Crippen LogP) is 4.54. The van der Waals surface area contributed by atoms with E-state index >= 15 is 0 Å². The van der Waals surface area contributed by atoms with Gasteiger partial charge in [-0.1, -0.05) is 0 Å². The molecule has 2 amide bonds. The standard InChI is InChI=1S/C22H19F4N5O2/c23-16-3-1-15(2-4-16)19-9-10-20(29-28-19)30-11-13-31(14-12-30)21(32)27-17-5-7-18(8-6-17)33-22(24,25)26/h1-10H,11-14H2,(H,27,32). The van der Waals surface area contributed by atoms with E-state index in [1.54, 1.807) is 23.1 Å². The monoisotopic (exact) mass is 461 g/mol. The number of nitrogens with zero attached hydrogens (tertiary/aromatic N) is 4. The number of rotatable bonds is 4. The fraction of sp³-hybridized carbons (Fsp3) is 0.227. The van der Waals surface area contributed by atoms with Crippen LogP contribution in [0.3, 0.4) is 0 Å². The molecule has 1 saturated heterocycles. The first-order valence-electron chi connectivity index (χ1n) is 10.0. The Bertz CT molecular complexity index is 1080. The van der Waals surface area contributed by atoms with Crippen molar-refractivity contribution in [3.05, 3.63) is 66.5 Å². The largest absolute Gasteiger partial charge is 0.573 e.